The topological polar surface area (TPSA) is 15.8 Å². The zero-order chi connectivity index (χ0) is 21.8. The summed E-state index contributed by atoms with van der Waals surface area (Å²) >= 11 is 0. The van der Waals surface area contributed by atoms with Gasteiger partial charge in [0.15, 0.2) is 0 Å². The fourth-order valence-electron chi connectivity index (χ4n) is 5.44. The maximum absolute atomic E-state index is 3.62. The first-order chi connectivity index (χ1) is 16.4. The van der Waals surface area contributed by atoms with Crippen LogP contribution in [0.3, 0.4) is 0 Å². The van der Waals surface area contributed by atoms with E-state index in [1.165, 1.54) is 65.6 Å². The van der Waals surface area contributed by atoms with Crippen molar-refractivity contribution in [3.63, 3.8) is 0 Å². The van der Waals surface area contributed by atoms with E-state index in [9.17, 15) is 0 Å². The van der Waals surface area contributed by atoms with Crippen LogP contribution in [0.4, 0.5) is 0 Å². The Hall–Kier alpha value is -4.36. The van der Waals surface area contributed by atoms with Crippen molar-refractivity contribution in [2.45, 2.75) is 0 Å². The number of benzene rings is 6. The van der Waals surface area contributed by atoms with Crippen LogP contribution in [0.2, 0.25) is 0 Å². The predicted octanol–water partition coefficient (Wildman–Crippen LogP) is 8.96. The molecule has 33 heavy (non-hydrogen) atoms. The molecule has 0 saturated heterocycles. The van der Waals surface area contributed by atoms with Gasteiger partial charge < -0.3 is 4.98 Å². The number of fused-ring (bicyclic) bond motifs is 5. The molecule has 0 aliphatic rings. The Morgan fingerprint density at radius 2 is 0.879 bits per heavy atom. The number of rotatable bonds is 2. The average molecular weight is 420 g/mol. The standard InChI is InChI=1S/C32H21N/c1-2-11-21(12-3-1)30-22-13-4-6-15-24(22)31(25-16-7-5-14-23(25)30)27-18-10-20-29-32(27)26-17-8-9-19-28(26)33-29/h1-20,33H. The molecule has 0 aliphatic carbocycles. The highest BCUT2D eigenvalue weighted by Gasteiger charge is 2.18. The molecule has 1 heterocycles. The Kier molecular flexibility index (Phi) is 3.91. The van der Waals surface area contributed by atoms with Gasteiger partial charge in [-0.1, -0.05) is 109 Å². The Morgan fingerprint density at radius 1 is 0.364 bits per heavy atom. The number of para-hydroxylation sites is 1. The summed E-state index contributed by atoms with van der Waals surface area (Å²) in [4.78, 5) is 3.62. The zero-order valence-electron chi connectivity index (χ0n) is 18.0. The Morgan fingerprint density at radius 3 is 1.55 bits per heavy atom. The minimum atomic E-state index is 1.17. The van der Waals surface area contributed by atoms with Crippen molar-refractivity contribution in [1.82, 2.24) is 4.98 Å². The second kappa shape index (κ2) is 7.08. The summed E-state index contributed by atoms with van der Waals surface area (Å²) in [6, 6.07) is 43.7. The molecule has 0 amide bonds. The monoisotopic (exact) mass is 419 g/mol. The molecular weight excluding hydrogens is 398 g/mol. The molecule has 0 fully saturated rings. The highest BCUT2D eigenvalue weighted by molar-refractivity contribution is 6.25. The molecule has 0 saturated carbocycles. The molecule has 7 aromatic rings. The third-order valence-corrected chi connectivity index (χ3v) is 6.79. The van der Waals surface area contributed by atoms with E-state index in [0.29, 0.717) is 0 Å². The third-order valence-electron chi connectivity index (χ3n) is 6.79. The molecule has 0 bridgehead atoms. The first-order valence-electron chi connectivity index (χ1n) is 11.4. The van der Waals surface area contributed by atoms with Gasteiger partial charge in [0, 0.05) is 21.8 Å². The van der Waals surface area contributed by atoms with E-state index in [1.54, 1.807) is 0 Å². The van der Waals surface area contributed by atoms with E-state index in [0.717, 1.165) is 0 Å². The Labute approximate surface area is 191 Å². The van der Waals surface area contributed by atoms with Gasteiger partial charge in [-0.05, 0) is 55.9 Å². The average Bonchev–Trinajstić information content (AvgIpc) is 3.27. The lowest BCUT2D eigenvalue weighted by atomic mass is 9.85. The van der Waals surface area contributed by atoms with E-state index in [1.807, 2.05) is 0 Å². The van der Waals surface area contributed by atoms with Gasteiger partial charge in [-0.25, -0.2) is 0 Å². The molecule has 0 unspecified atom stereocenters. The van der Waals surface area contributed by atoms with Gasteiger partial charge in [-0.15, -0.1) is 0 Å². The number of nitrogens with one attached hydrogen (secondary N) is 1. The van der Waals surface area contributed by atoms with E-state index in [2.05, 4.69) is 126 Å². The summed E-state index contributed by atoms with van der Waals surface area (Å²) < 4.78 is 0. The van der Waals surface area contributed by atoms with Crippen LogP contribution in [0, 0.1) is 0 Å². The van der Waals surface area contributed by atoms with Crippen LogP contribution in [0.1, 0.15) is 0 Å². The number of aromatic amines is 1. The smallest absolute Gasteiger partial charge is 0.0471 e. The number of hydrogen-bond donors (Lipinski definition) is 1. The summed E-state index contributed by atoms with van der Waals surface area (Å²) in [5.74, 6) is 0. The molecule has 1 N–H and O–H groups in total. The third kappa shape index (κ3) is 2.66. The van der Waals surface area contributed by atoms with Crippen molar-refractivity contribution in [3.05, 3.63) is 121 Å². The summed E-state index contributed by atoms with van der Waals surface area (Å²) in [5, 5.41) is 7.70. The second-order valence-electron chi connectivity index (χ2n) is 8.61. The summed E-state index contributed by atoms with van der Waals surface area (Å²) in [6.45, 7) is 0. The quantitative estimate of drug-likeness (QED) is 0.269. The maximum Gasteiger partial charge on any atom is 0.0471 e. The van der Waals surface area contributed by atoms with Crippen LogP contribution in [0.5, 0.6) is 0 Å². The second-order valence-corrected chi connectivity index (χ2v) is 8.61. The maximum atomic E-state index is 3.62. The molecule has 0 atom stereocenters. The lowest BCUT2D eigenvalue weighted by Gasteiger charge is -2.18. The van der Waals surface area contributed by atoms with Crippen molar-refractivity contribution in [1.29, 1.82) is 0 Å². The van der Waals surface area contributed by atoms with Crippen molar-refractivity contribution in [2.24, 2.45) is 0 Å². The SMILES string of the molecule is c1ccc(-c2c3ccccc3c(-c3cccc4[nH]c5ccccc5c34)c3ccccc23)cc1. The molecule has 1 heteroatoms. The van der Waals surface area contributed by atoms with Gasteiger partial charge >= 0.3 is 0 Å². The molecule has 154 valence electrons. The first kappa shape index (κ1) is 18.2. The zero-order valence-corrected chi connectivity index (χ0v) is 18.0. The minimum Gasteiger partial charge on any atom is -0.354 e. The Bertz CT molecular complexity index is 1750. The molecule has 7 rings (SSSR count). The van der Waals surface area contributed by atoms with Gasteiger partial charge in [0.05, 0.1) is 0 Å². The van der Waals surface area contributed by atoms with Crippen LogP contribution in [0.25, 0.3) is 65.6 Å². The van der Waals surface area contributed by atoms with Crippen molar-refractivity contribution < 1.29 is 0 Å². The highest BCUT2D eigenvalue weighted by Crippen LogP contribution is 2.46. The van der Waals surface area contributed by atoms with Crippen LogP contribution in [-0.4, -0.2) is 4.98 Å². The molecule has 1 nitrogen and oxygen atoms in total. The highest BCUT2D eigenvalue weighted by atomic mass is 14.7. The molecule has 1 aromatic heterocycles. The normalized spacial score (nSPS) is 11.6. The largest absolute Gasteiger partial charge is 0.354 e. The van der Waals surface area contributed by atoms with Crippen LogP contribution >= 0.6 is 0 Å². The Balaban J connectivity index is 1.71. The number of aromatic nitrogens is 1. The van der Waals surface area contributed by atoms with Gasteiger partial charge in [0.1, 0.15) is 0 Å². The molecule has 0 radical (unpaired) electrons. The van der Waals surface area contributed by atoms with Crippen LogP contribution in [0.15, 0.2) is 121 Å². The lowest BCUT2D eigenvalue weighted by molar-refractivity contribution is 1.55. The van der Waals surface area contributed by atoms with Crippen molar-refractivity contribution in [3.8, 4) is 22.3 Å². The minimum absolute atomic E-state index is 1.17. The van der Waals surface area contributed by atoms with Gasteiger partial charge in [-0.2, -0.15) is 0 Å². The van der Waals surface area contributed by atoms with E-state index < -0.39 is 0 Å². The fourth-order valence-corrected chi connectivity index (χ4v) is 5.44. The van der Waals surface area contributed by atoms with Crippen molar-refractivity contribution in [2.75, 3.05) is 0 Å². The van der Waals surface area contributed by atoms with E-state index in [4.69, 9.17) is 0 Å². The van der Waals surface area contributed by atoms with Gasteiger partial charge in [-0.3, -0.25) is 0 Å². The van der Waals surface area contributed by atoms with Gasteiger partial charge in [0.2, 0.25) is 0 Å². The molecule has 6 aromatic carbocycles. The first-order valence-corrected chi connectivity index (χ1v) is 11.4. The summed E-state index contributed by atoms with van der Waals surface area (Å²) in [7, 11) is 0. The predicted molar refractivity (Wildman–Crippen MR) is 142 cm³/mol. The lowest BCUT2D eigenvalue weighted by Crippen LogP contribution is -1.91. The van der Waals surface area contributed by atoms with Crippen LogP contribution in [-0.2, 0) is 0 Å². The van der Waals surface area contributed by atoms with Crippen molar-refractivity contribution >= 4 is 43.4 Å². The molecular formula is C32H21N. The van der Waals surface area contributed by atoms with E-state index >= 15 is 0 Å². The fraction of sp³-hybridized carbons (Fsp3) is 0. The number of hydrogen-bond acceptors (Lipinski definition) is 0. The van der Waals surface area contributed by atoms with Gasteiger partial charge in [0.25, 0.3) is 0 Å². The summed E-state index contributed by atoms with van der Waals surface area (Å²) in [6.07, 6.45) is 0. The molecule has 0 aliphatic heterocycles. The molecule has 0 spiro atoms. The van der Waals surface area contributed by atoms with E-state index in [-0.39, 0.29) is 0 Å². The summed E-state index contributed by atoms with van der Waals surface area (Å²) in [5.41, 5.74) is 7.48. The number of H-pyrrole nitrogens is 1. The van der Waals surface area contributed by atoms with Crippen LogP contribution < -0.4 is 0 Å².